The molecular formula is C19H15Cl2F2N3O2. The van der Waals surface area contributed by atoms with E-state index in [-0.39, 0.29) is 22.9 Å². The summed E-state index contributed by atoms with van der Waals surface area (Å²) in [5, 5.41) is 17.6. The molecule has 0 aliphatic rings. The summed E-state index contributed by atoms with van der Waals surface area (Å²) in [4.78, 5) is 12.5. The van der Waals surface area contributed by atoms with E-state index in [2.05, 4.69) is 10.4 Å². The molecule has 28 heavy (non-hydrogen) atoms. The van der Waals surface area contributed by atoms with E-state index in [9.17, 15) is 18.7 Å². The van der Waals surface area contributed by atoms with Gasteiger partial charge in [-0.05, 0) is 36.8 Å². The minimum absolute atomic E-state index is 0.00308. The predicted molar refractivity (Wildman–Crippen MR) is 104 cm³/mol. The van der Waals surface area contributed by atoms with Gasteiger partial charge in [-0.3, -0.25) is 4.79 Å². The highest BCUT2D eigenvalue weighted by molar-refractivity contribution is 6.33. The number of nitrogens with one attached hydrogen (secondary N) is 1. The molecule has 146 valence electrons. The first-order chi connectivity index (χ1) is 13.2. The van der Waals surface area contributed by atoms with Gasteiger partial charge in [0.25, 0.3) is 5.56 Å². The Balaban J connectivity index is 1.86. The van der Waals surface area contributed by atoms with Crippen LogP contribution in [0.2, 0.25) is 10.0 Å². The van der Waals surface area contributed by atoms with Gasteiger partial charge in [0, 0.05) is 17.6 Å². The standard InChI is InChI=1S/C19H15Cl2F2N3O2/c1-19(28,11-3-2-4-12(20)7-11)10-24-15-9-25-26(18(27)17(15)21)16-6-5-13(22)8-14(16)23/h2-9,24,28H,10H2,1H3. The molecule has 0 aliphatic carbocycles. The Kier molecular flexibility index (Phi) is 5.69. The van der Waals surface area contributed by atoms with Crippen molar-refractivity contribution in [2.45, 2.75) is 12.5 Å². The molecule has 1 aromatic heterocycles. The molecule has 0 saturated carbocycles. The molecule has 0 aliphatic heterocycles. The highest BCUT2D eigenvalue weighted by Gasteiger charge is 2.24. The molecule has 9 heteroatoms. The Morgan fingerprint density at radius 2 is 1.96 bits per heavy atom. The van der Waals surface area contributed by atoms with E-state index in [4.69, 9.17) is 23.2 Å². The highest BCUT2D eigenvalue weighted by atomic mass is 35.5. The minimum atomic E-state index is -1.31. The van der Waals surface area contributed by atoms with Gasteiger partial charge in [0.05, 0.1) is 11.9 Å². The van der Waals surface area contributed by atoms with Gasteiger partial charge >= 0.3 is 0 Å². The first-order valence-electron chi connectivity index (χ1n) is 8.14. The van der Waals surface area contributed by atoms with Crippen molar-refractivity contribution >= 4 is 28.9 Å². The zero-order valence-electron chi connectivity index (χ0n) is 14.6. The number of hydrogen-bond acceptors (Lipinski definition) is 4. The lowest BCUT2D eigenvalue weighted by atomic mass is 9.96. The molecule has 0 amide bonds. The van der Waals surface area contributed by atoms with E-state index in [1.165, 1.54) is 6.20 Å². The lowest BCUT2D eigenvalue weighted by molar-refractivity contribution is 0.0715. The molecule has 0 fully saturated rings. The Morgan fingerprint density at radius 1 is 1.21 bits per heavy atom. The maximum atomic E-state index is 13.9. The molecule has 1 atom stereocenters. The van der Waals surface area contributed by atoms with Crippen LogP contribution in [0.15, 0.2) is 53.5 Å². The normalized spacial score (nSPS) is 13.2. The summed E-state index contributed by atoms with van der Waals surface area (Å²) in [5.41, 5.74) is -1.61. The van der Waals surface area contributed by atoms with Crippen molar-refractivity contribution in [3.8, 4) is 5.69 Å². The van der Waals surface area contributed by atoms with Crippen molar-refractivity contribution < 1.29 is 13.9 Å². The maximum Gasteiger partial charge on any atom is 0.292 e. The zero-order valence-corrected chi connectivity index (χ0v) is 16.1. The lowest BCUT2D eigenvalue weighted by Gasteiger charge is -2.25. The van der Waals surface area contributed by atoms with Crippen LogP contribution < -0.4 is 10.9 Å². The van der Waals surface area contributed by atoms with Gasteiger partial charge in [-0.2, -0.15) is 9.78 Å². The average molecular weight is 426 g/mol. The smallest absolute Gasteiger partial charge is 0.292 e. The van der Waals surface area contributed by atoms with E-state index >= 15 is 0 Å². The highest BCUT2D eigenvalue weighted by Crippen LogP contribution is 2.25. The van der Waals surface area contributed by atoms with Crippen molar-refractivity contribution in [1.82, 2.24) is 9.78 Å². The predicted octanol–water partition coefficient (Wildman–Crippen LogP) is 4.14. The van der Waals surface area contributed by atoms with Gasteiger partial charge in [-0.25, -0.2) is 8.78 Å². The van der Waals surface area contributed by atoms with E-state index in [0.29, 0.717) is 16.7 Å². The topological polar surface area (TPSA) is 67.2 Å². The molecule has 0 saturated heterocycles. The zero-order chi connectivity index (χ0) is 20.5. The van der Waals surface area contributed by atoms with E-state index in [0.717, 1.165) is 16.8 Å². The number of aliphatic hydroxyl groups is 1. The first kappa shape index (κ1) is 20.3. The summed E-state index contributed by atoms with van der Waals surface area (Å²) >= 11 is 12.0. The lowest BCUT2D eigenvalue weighted by Crippen LogP contribution is -2.32. The number of benzene rings is 2. The van der Waals surface area contributed by atoms with Crippen molar-refractivity contribution in [2.24, 2.45) is 0 Å². The third-order valence-electron chi connectivity index (χ3n) is 4.13. The number of rotatable bonds is 5. The van der Waals surface area contributed by atoms with Crippen LogP contribution in [0.1, 0.15) is 12.5 Å². The molecule has 0 bridgehead atoms. The van der Waals surface area contributed by atoms with Crippen molar-refractivity contribution in [1.29, 1.82) is 0 Å². The van der Waals surface area contributed by atoms with Gasteiger partial charge < -0.3 is 10.4 Å². The maximum absolute atomic E-state index is 13.9. The van der Waals surface area contributed by atoms with Crippen LogP contribution in [0.25, 0.3) is 5.69 Å². The summed E-state index contributed by atoms with van der Waals surface area (Å²) in [7, 11) is 0. The van der Waals surface area contributed by atoms with Crippen LogP contribution in [0, 0.1) is 11.6 Å². The fourth-order valence-corrected chi connectivity index (χ4v) is 2.96. The Hall–Kier alpha value is -2.48. The van der Waals surface area contributed by atoms with E-state index < -0.39 is 22.8 Å². The molecule has 0 spiro atoms. The molecule has 0 radical (unpaired) electrons. The summed E-state index contributed by atoms with van der Waals surface area (Å²) in [6, 6.07) is 9.47. The van der Waals surface area contributed by atoms with Gasteiger partial charge in [0.1, 0.15) is 22.1 Å². The Labute approximate surface area is 169 Å². The largest absolute Gasteiger partial charge is 0.384 e. The SMILES string of the molecule is CC(O)(CNc1cnn(-c2ccc(F)cc2F)c(=O)c1Cl)c1cccc(Cl)c1. The average Bonchev–Trinajstić information content (AvgIpc) is 2.64. The molecule has 2 N–H and O–H groups in total. The number of aromatic nitrogens is 2. The van der Waals surface area contributed by atoms with Gasteiger partial charge in [0.15, 0.2) is 5.82 Å². The Bertz CT molecular complexity index is 1090. The molecular weight excluding hydrogens is 411 g/mol. The number of hydrogen-bond donors (Lipinski definition) is 2. The fraction of sp³-hybridized carbons (Fsp3) is 0.158. The second-order valence-electron chi connectivity index (χ2n) is 6.32. The van der Waals surface area contributed by atoms with Gasteiger partial charge in [-0.15, -0.1) is 0 Å². The second kappa shape index (κ2) is 7.87. The van der Waals surface area contributed by atoms with Crippen LogP contribution in [0.4, 0.5) is 14.5 Å². The summed E-state index contributed by atoms with van der Waals surface area (Å²) in [6.07, 6.45) is 1.22. The minimum Gasteiger partial charge on any atom is -0.384 e. The fourth-order valence-electron chi connectivity index (χ4n) is 2.57. The van der Waals surface area contributed by atoms with Crippen LogP contribution in [-0.4, -0.2) is 21.4 Å². The van der Waals surface area contributed by atoms with Crippen LogP contribution >= 0.6 is 23.2 Å². The van der Waals surface area contributed by atoms with Crippen LogP contribution in [0.5, 0.6) is 0 Å². The van der Waals surface area contributed by atoms with Gasteiger partial charge in [0.2, 0.25) is 0 Å². The summed E-state index contributed by atoms with van der Waals surface area (Å²) in [6.45, 7) is 1.57. The quantitative estimate of drug-likeness (QED) is 0.644. The second-order valence-corrected chi connectivity index (χ2v) is 7.14. The Morgan fingerprint density at radius 3 is 2.64 bits per heavy atom. The number of halogens is 4. The molecule has 5 nitrogen and oxygen atoms in total. The van der Waals surface area contributed by atoms with Crippen LogP contribution in [0.3, 0.4) is 0 Å². The van der Waals surface area contributed by atoms with E-state index in [1.807, 2.05) is 0 Å². The van der Waals surface area contributed by atoms with Crippen LogP contribution in [-0.2, 0) is 5.60 Å². The molecule has 3 rings (SSSR count). The number of anilines is 1. The summed E-state index contributed by atoms with van der Waals surface area (Å²) < 4.78 is 27.7. The molecule has 2 aromatic carbocycles. The number of nitrogens with zero attached hydrogens (tertiary/aromatic N) is 2. The first-order valence-corrected chi connectivity index (χ1v) is 8.90. The van der Waals surface area contributed by atoms with Crippen molar-refractivity contribution in [3.05, 3.63) is 86.3 Å². The third kappa shape index (κ3) is 4.16. The molecule has 1 unspecified atom stereocenters. The van der Waals surface area contributed by atoms with E-state index in [1.54, 1.807) is 31.2 Å². The van der Waals surface area contributed by atoms with Gasteiger partial charge in [-0.1, -0.05) is 35.3 Å². The molecule has 1 heterocycles. The summed E-state index contributed by atoms with van der Waals surface area (Å²) in [5.74, 6) is -1.72. The monoisotopic (exact) mass is 425 g/mol. The van der Waals surface area contributed by atoms with Crippen molar-refractivity contribution in [2.75, 3.05) is 11.9 Å². The third-order valence-corrected chi connectivity index (χ3v) is 4.73. The van der Waals surface area contributed by atoms with Crippen molar-refractivity contribution in [3.63, 3.8) is 0 Å². The molecule has 3 aromatic rings.